The summed E-state index contributed by atoms with van der Waals surface area (Å²) in [6.45, 7) is 1.93. The summed E-state index contributed by atoms with van der Waals surface area (Å²) in [5.74, 6) is -0.238. The van der Waals surface area contributed by atoms with Crippen LogP contribution in [-0.2, 0) is 11.8 Å². The third-order valence-electron chi connectivity index (χ3n) is 6.14. The van der Waals surface area contributed by atoms with E-state index in [1.165, 1.54) is 0 Å². The average Bonchev–Trinajstić information content (AvgIpc) is 3.13. The quantitative estimate of drug-likeness (QED) is 0.501. The largest absolute Gasteiger partial charge is 0.339 e. The zero-order valence-corrected chi connectivity index (χ0v) is 18.4. The highest BCUT2D eigenvalue weighted by molar-refractivity contribution is 6.03. The summed E-state index contributed by atoms with van der Waals surface area (Å²) >= 11 is 0. The van der Waals surface area contributed by atoms with Gasteiger partial charge in [0.25, 0.3) is 5.91 Å². The first-order valence-corrected chi connectivity index (χ1v) is 10.9. The number of aryl methyl sites for hydroxylation is 2. The summed E-state index contributed by atoms with van der Waals surface area (Å²) < 4.78 is 1.68. The molecule has 0 saturated heterocycles. The van der Waals surface area contributed by atoms with E-state index in [4.69, 9.17) is 0 Å². The van der Waals surface area contributed by atoms with Gasteiger partial charge in [-0.3, -0.25) is 14.3 Å². The molecule has 1 aliphatic rings. The Morgan fingerprint density at radius 2 is 1.52 bits per heavy atom. The molecule has 164 valence electrons. The first-order chi connectivity index (χ1) is 16.0. The van der Waals surface area contributed by atoms with Crippen molar-refractivity contribution in [3.63, 3.8) is 0 Å². The van der Waals surface area contributed by atoms with Crippen LogP contribution in [0, 0.1) is 6.92 Å². The lowest BCUT2D eigenvalue weighted by atomic mass is 9.81. The number of rotatable bonds is 4. The molecule has 2 N–H and O–H groups in total. The van der Waals surface area contributed by atoms with Crippen molar-refractivity contribution in [3.8, 4) is 11.1 Å². The van der Waals surface area contributed by atoms with Crippen molar-refractivity contribution in [2.24, 2.45) is 7.05 Å². The predicted molar refractivity (Wildman–Crippen MR) is 128 cm³/mol. The topological polar surface area (TPSA) is 76.0 Å². The highest BCUT2D eigenvalue weighted by atomic mass is 16.2. The van der Waals surface area contributed by atoms with E-state index in [1.54, 1.807) is 28.9 Å². The monoisotopic (exact) mass is 436 g/mol. The van der Waals surface area contributed by atoms with Gasteiger partial charge in [-0.25, -0.2) is 0 Å². The van der Waals surface area contributed by atoms with E-state index in [0.29, 0.717) is 11.4 Å². The Balaban J connectivity index is 1.56. The van der Waals surface area contributed by atoms with Crippen LogP contribution < -0.4 is 10.6 Å². The lowest BCUT2D eigenvalue weighted by molar-refractivity contribution is -0.118. The van der Waals surface area contributed by atoms with Crippen LogP contribution in [0.2, 0.25) is 0 Å². The Hall–Kier alpha value is -4.19. The molecule has 0 bridgehead atoms. The molecular formula is C27H24N4O2. The van der Waals surface area contributed by atoms with Gasteiger partial charge in [0.1, 0.15) is 11.9 Å². The zero-order chi connectivity index (χ0) is 22.9. The molecule has 0 spiro atoms. The number of fused-ring (bicyclic) bond motifs is 1. The molecule has 0 fully saturated rings. The molecule has 6 nitrogen and oxygen atoms in total. The molecule has 0 aliphatic carbocycles. The SMILES string of the molecule is Cc1nn(C)c2c1[C@@H](c1ccc(-c3ccccc3)cc1)[C@H](NC(=O)c1ccccc1)C(=O)N2. The maximum atomic E-state index is 13.2. The first kappa shape index (κ1) is 20.7. The minimum atomic E-state index is -0.768. The van der Waals surface area contributed by atoms with Crippen LogP contribution in [0.4, 0.5) is 5.82 Å². The second kappa shape index (κ2) is 8.39. The van der Waals surface area contributed by atoms with Gasteiger partial charge in [0.05, 0.1) is 5.69 Å². The summed E-state index contributed by atoms with van der Waals surface area (Å²) in [4.78, 5) is 26.2. The summed E-state index contributed by atoms with van der Waals surface area (Å²) in [6.07, 6.45) is 0. The van der Waals surface area contributed by atoms with Crippen LogP contribution in [0.5, 0.6) is 0 Å². The third kappa shape index (κ3) is 3.80. The van der Waals surface area contributed by atoms with Crippen LogP contribution in [0.1, 0.15) is 33.1 Å². The van der Waals surface area contributed by atoms with Crippen LogP contribution in [0.15, 0.2) is 84.9 Å². The molecule has 0 saturated carbocycles. The fraction of sp³-hybridized carbons (Fsp3) is 0.148. The normalized spacial score (nSPS) is 17.2. The van der Waals surface area contributed by atoms with Crippen molar-refractivity contribution >= 4 is 17.6 Å². The van der Waals surface area contributed by atoms with Crippen LogP contribution in [-0.4, -0.2) is 27.6 Å². The number of carbonyl (C=O) groups excluding carboxylic acids is 2. The van der Waals surface area contributed by atoms with E-state index in [-0.39, 0.29) is 17.7 Å². The second-order valence-electron chi connectivity index (χ2n) is 8.24. The molecule has 33 heavy (non-hydrogen) atoms. The predicted octanol–water partition coefficient (Wildman–Crippen LogP) is 4.28. The van der Waals surface area contributed by atoms with Gasteiger partial charge in [-0.2, -0.15) is 5.10 Å². The number of nitrogens with one attached hydrogen (secondary N) is 2. The Kier molecular flexibility index (Phi) is 5.26. The summed E-state index contributed by atoms with van der Waals surface area (Å²) in [5, 5.41) is 10.4. The highest BCUT2D eigenvalue weighted by Gasteiger charge is 2.41. The molecular weight excluding hydrogens is 412 g/mol. The molecule has 2 atom stereocenters. The number of carbonyl (C=O) groups is 2. The average molecular weight is 437 g/mol. The van der Waals surface area contributed by atoms with E-state index in [0.717, 1.165) is 27.9 Å². The Bertz CT molecular complexity index is 1310. The minimum Gasteiger partial charge on any atom is -0.339 e. The fourth-order valence-electron chi connectivity index (χ4n) is 4.54. The molecule has 3 aromatic carbocycles. The first-order valence-electron chi connectivity index (χ1n) is 10.9. The molecule has 1 aliphatic heterocycles. The smallest absolute Gasteiger partial charge is 0.251 e. The van der Waals surface area contributed by atoms with Crippen LogP contribution in [0.3, 0.4) is 0 Å². The Labute approximate surface area is 192 Å². The van der Waals surface area contributed by atoms with Crippen molar-refractivity contribution in [2.75, 3.05) is 5.32 Å². The molecule has 0 radical (unpaired) electrons. The summed E-state index contributed by atoms with van der Waals surface area (Å²) in [6, 6.07) is 26.5. The number of aromatic nitrogens is 2. The number of anilines is 1. The maximum absolute atomic E-state index is 13.2. The van der Waals surface area contributed by atoms with E-state index in [2.05, 4.69) is 40.0 Å². The third-order valence-corrected chi connectivity index (χ3v) is 6.14. The fourth-order valence-corrected chi connectivity index (χ4v) is 4.54. The number of hydrogen-bond donors (Lipinski definition) is 2. The van der Waals surface area contributed by atoms with Gasteiger partial charge in [0.2, 0.25) is 5.91 Å². The number of nitrogens with zero attached hydrogens (tertiary/aromatic N) is 2. The summed E-state index contributed by atoms with van der Waals surface area (Å²) in [5.41, 5.74) is 5.41. The van der Waals surface area contributed by atoms with Gasteiger partial charge in [0, 0.05) is 24.1 Å². The van der Waals surface area contributed by atoms with E-state index in [9.17, 15) is 9.59 Å². The van der Waals surface area contributed by atoms with Gasteiger partial charge < -0.3 is 10.6 Å². The van der Waals surface area contributed by atoms with Gasteiger partial charge in [-0.1, -0.05) is 72.8 Å². The highest BCUT2D eigenvalue weighted by Crippen LogP contribution is 2.39. The number of hydrogen-bond acceptors (Lipinski definition) is 3. The van der Waals surface area contributed by atoms with E-state index >= 15 is 0 Å². The second-order valence-corrected chi connectivity index (χ2v) is 8.24. The number of benzene rings is 3. The maximum Gasteiger partial charge on any atom is 0.251 e. The molecule has 1 aromatic heterocycles. The molecule has 4 aromatic rings. The van der Waals surface area contributed by atoms with Crippen LogP contribution in [0.25, 0.3) is 11.1 Å². The lowest BCUT2D eigenvalue weighted by Gasteiger charge is -2.32. The van der Waals surface area contributed by atoms with Gasteiger partial charge >= 0.3 is 0 Å². The molecule has 2 heterocycles. The van der Waals surface area contributed by atoms with E-state index < -0.39 is 6.04 Å². The molecule has 5 rings (SSSR count). The minimum absolute atomic E-state index is 0.257. The van der Waals surface area contributed by atoms with Crippen molar-refractivity contribution in [1.82, 2.24) is 15.1 Å². The van der Waals surface area contributed by atoms with Gasteiger partial charge in [0.15, 0.2) is 0 Å². The van der Waals surface area contributed by atoms with Gasteiger partial charge in [-0.15, -0.1) is 0 Å². The standard InChI is InChI=1S/C27H24N4O2/c1-17-22-23(20-15-13-19(14-16-20)18-9-5-3-6-10-18)24(27(33)29-25(22)31(2)30-17)28-26(32)21-11-7-4-8-12-21/h3-16,23-24H,1-2H3,(H,28,32)(H,29,33)/t23-,24+/m1/s1. The number of amides is 2. The van der Waals surface area contributed by atoms with Crippen molar-refractivity contribution in [3.05, 3.63) is 107 Å². The van der Waals surface area contributed by atoms with Crippen molar-refractivity contribution in [1.29, 1.82) is 0 Å². The van der Waals surface area contributed by atoms with E-state index in [1.807, 2.05) is 50.4 Å². The van der Waals surface area contributed by atoms with Gasteiger partial charge in [-0.05, 0) is 35.7 Å². The van der Waals surface area contributed by atoms with Crippen LogP contribution >= 0.6 is 0 Å². The Morgan fingerprint density at radius 3 is 2.18 bits per heavy atom. The zero-order valence-electron chi connectivity index (χ0n) is 18.4. The lowest BCUT2D eigenvalue weighted by Crippen LogP contribution is -2.50. The molecule has 6 heteroatoms. The molecule has 0 unspecified atom stereocenters. The van der Waals surface area contributed by atoms with Crippen molar-refractivity contribution in [2.45, 2.75) is 18.9 Å². The summed E-state index contributed by atoms with van der Waals surface area (Å²) in [7, 11) is 1.81. The molecule has 2 amide bonds. The Morgan fingerprint density at radius 1 is 0.909 bits per heavy atom. The van der Waals surface area contributed by atoms with Crippen molar-refractivity contribution < 1.29 is 9.59 Å².